The Bertz CT molecular complexity index is 1340. The van der Waals surface area contributed by atoms with Crippen molar-refractivity contribution in [3.63, 3.8) is 0 Å². The average Bonchev–Trinajstić information content (AvgIpc) is 3.64. The monoisotopic (exact) mass is 519 g/mol. The van der Waals surface area contributed by atoms with Crippen LogP contribution in [-0.2, 0) is 22.6 Å². The maximum Gasteiger partial charge on any atom is 0.261 e. The van der Waals surface area contributed by atoms with Gasteiger partial charge in [-0.15, -0.1) is 11.3 Å². The van der Waals surface area contributed by atoms with Gasteiger partial charge in [-0.3, -0.25) is 19.3 Å². The third-order valence-electron chi connectivity index (χ3n) is 5.76. The Morgan fingerprint density at radius 3 is 2.41 bits per heavy atom. The molecule has 0 saturated carbocycles. The van der Waals surface area contributed by atoms with Crippen molar-refractivity contribution in [3.05, 3.63) is 112 Å². The van der Waals surface area contributed by atoms with Gasteiger partial charge in [0.1, 0.15) is 17.6 Å². The summed E-state index contributed by atoms with van der Waals surface area (Å²) in [6.07, 6.45) is 2.27. The van der Waals surface area contributed by atoms with Gasteiger partial charge in [-0.1, -0.05) is 43.3 Å². The smallest absolute Gasteiger partial charge is 0.261 e. The molecule has 0 bridgehead atoms. The number of hydrogen-bond acceptors (Lipinski definition) is 5. The summed E-state index contributed by atoms with van der Waals surface area (Å²) in [5, 5.41) is 7.12. The zero-order valence-electron chi connectivity index (χ0n) is 20.1. The van der Waals surface area contributed by atoms with E-state index in [0.717, 1.165) is 12.0 Å². The molecule has 0 aliphatic carbocycles. The number of carbonyl (C=O) groups is 3. The molecule has 2 aromatic carbocycles. The largest absolute Gasteiger partial charge is 0.467 e. The lowest BCUT2D eigenvalue weighted by molar-refractivity contribution is -0.126. The van der Waals surface area contributed by atoms with Crippen LogP contribution in [0.3, 0.4) is 0 Å². The van der Waals surface area contributed by atoms with Crippen LogP contribution in [0.4, 0.5) is 10.1 Å². The Kier molecular flexibility index (Phi) is 8.48. The maximum absolute atomic E-state index is 15.1. The number of anilines is 1. The summed E-state index contributed by atoms with van der Waals surface area (Å²) >= 11 is 1.25. The number of nitrogens with zero attached hydrogens (tertiary/aromatic N) is 1. The molecule has 0 aliphatic heterocycles. The first-order chi connectivity index (χ1) is 18.0. The van der Waals surface area contributed by atoms with Crippen LogP contribution >= 0.6 is 11.3 Å². The number of aryl methyl sites for hydroxylation is 1. The summed E-state index contributed by atoms with van der Waals surface area (Å²) in [5.74, 6) is -1.70. The van der Waals surface area contributed by atoms with Crippen molar-refractivity contribution in [1.29, 1.82) is 0 Å². The van der Waals surface area contributed by atoms with Gasteiger partial charge in [0.05, 0.1) is 24.2 Å². The lowest BCUT2D eigenvalue weighted by atomic mass is 10.0. The fraction of sp³-hybridized carbons (Fsp3) is 0.179. The minimum atomic E-state index is -1.34. The van der Waals surface area contributed by atoms with Crippen molar-refractivity contribution in [2.75, 3.05) is 11.4 Å². The fourth-order valence-electron chi connectivity index (χ4n) is 3.84. The third kappa shape index (κ3) is 6.31. The van der Waals surface area contributed by atoms with Crippen molar-refractivity contribution in [2.45, 2.75) is 25.9 Å². The number of carbonyl (C=O) groups excluding carboxylic acids is 3. The van der Waals surface area contributed by atoms with E-state index >= 15 is 4.39 Å². The van der Waals surface area contributed by atoms with E-state index in [1.807, 2.05) is 19.1 Å². The Balaban J connectivity index is 1.69. The first kappa shape index (κ1) is 25.8. The fourth-order valence-corrected chi connectivity index (χ4v) is 4.48. The summed E-state index contributed by atoms with van der Waals surface area (Å²) in [6.45, 7) is 1.67. The van der Waals surface area contributed by atoms with E-state index in [1.165, 1.54) is 40.7 Å². The molecule has 4 aromatic rings. The van der Waals surface area contributed by atoms with Gasteiger partial charge in [-0.25, -0.2) is 4.39 Å². The van der Waals surface area contributed by atoms with Crippen LogP contribution in [0.2, 0.25) is 0 Å². The van der Waals surface area contributed by atoms with Crippen molar-refractivity contribution < 1.29 is 23.2 Å². The Morgan fingerprint density at radius 2 is 1.76 bits per heavy atom. The van der Waals surface area contributed by atoms with Gasteiger partial charge >= 0.3 is 0 Å². The van der Waals surface area contributed by atoms with Crippen LogP contribution in [0.1, 0.15) is 39.5 Å². The topological polar surface area (TPSA) is 91.7 Å². The van der Waals surface area contributed by atoms with E-state index in [2.05, 4.69) is 10.6 Å². The SMILES string of the molecule is CCc1ccc(N(C(=O)CNC(=O)c2cccs2)[C@H](C(=O)NCc2ccco2)c2ccccc2F)cc1. The molecule has 1 atom stereocenters. The van der Waals surface area contributed by atoms with Gasteiger partial charge in [-0.05, 0) is 53.8 Å². The van der Waals surface area contributed by atoms with Crippen LogP contribution in [0.25, 0.3) is 0 Å². The average molecular weight is 520 g/mol. The second-order valence-corrected chi connectivity index (χ2v) is 9.11. The molecule has 2 aromatic heterocycles. The highest BCUT2D eigenvalue weighted by molar-refractivity contribution is 7.12. The van der Waals surface area contributed by atoms with Gasteiger partial charge in [0.2, 0.25) is 11.8 Å². The molecule has 2 heterocycles. The Labute approximate surface area is 217 Å². The van der Waals surface area contributed by atoms with Gasteiger partial charge in [0.25, 0.3) is 5.91 Å². The third-order valence-corrected chi connectivity index (χ3v) is 6.63. The van der Waals surface area contributed by atoms with Crippen LogP contribution < -0.4 is 15.5 Å². The molecule has 0 aliphatic rings. The lowest BCUT2D eigenvalue weighted by Gasteiger charge is -2.32. The van der Waals surface area contributed by atoms with E-state index in [9.17, 15) is 14.4 Å². The molecule has 37 heavy (non-hydrogen) atoms. The Morgan fingerprint density at radius 1 is 0.973 bits per heavy atom. The highest BCUT2D eigenvalue weighted by atomic mass is 32.1. The molecule has 9 heteroatoms. The van der Waals surface area contributed by atoms with E-state index in [0.29, 0.717) is 16.3 Å². The standard InChI is InChI=1S/C28H26FN3O4S/c1-2-19-11-13-20(14-12-19)32(25(33)18-31-27(34)24-10-6-16-37-24)26(22-8-3-4-9-23(22)29)28(35)30-17-21-7-5-15-36-21/h3-16,26H,2,17-18H2,1H3,(H,30,35)(H,31,34)/t26-/m0/s1. The Hall–Kier alpha value is -4.24. The maximum atomic E-state index is 15.1. The summed E-state index contributed by atoms with van der Waals surface area (Å²) in [5.41, 5.74) is 1.46. The summed E-state index contributed by atoms with van der Waals surface area (Å²) in [7, 11) is 0. The number of halogens is 1. The number of nitrogens with one attached hydrogen (secondary N) is 2. The van der Waals surface area contributed by atoms with Crippen molar-refractivity contribution in [1.82, 2.24) is 10.6 Å². The van der Waals surface area contributed by atoms with E-state index in [1.54, 1.807) is 47.8 Å². The van der Waals surface area contributed by atoms with E-state index < -0.39 is 29.6 Å². The zero-order chi connectivity index (χ0) is 26.2. The molecule has 0 spiro atoms. The number of hydrogen-bond donors (Lipinski definition) is 2. The molecule has 3 amide bonds. The second-order valence-electron chi connectivity index (χ2n) is 8.16. The molecule has 190 valence electrons. The molecule has 4 rings (SSSR count). The predicted molar refractivity (Wildman–Crippen MR) is 140 cm³/mol. The van der Waals surface area contributed by atoms with Gasteiger partial charge in [0, 0.05) is 11.3 Å². The van der Waals surface area contributed by atoms with Crippen LogP contribution in [0.5, 0.6) is 0 Å². The van der Waals surface area contributed by atoms with E-state index in [-0.39, 0.29) is 18.7 Å². The van der Waals surface area contributed by atoms with Crippen LogP contribution in [-0.4, -0.2) is 24.3 Å². The van der Waals surface area contributed by atoms with Gasteiger partial charge < -0.3 is 15.1 Å². The first-order valence-corrected chi connectivity index (χ1v) is 12.6. The molecule has 7 nitrogen and oxygen atoms in total. The lowest BCUT2D eigenvalue weighted by Crippen LogP contribution is -2.47. The van der Waals surface area contributed by atoms with Crippen LogP contribution in [0.15, 0.2) is 88.9 Å². The first-order valence-electron chi connectivity index (χ1n) is 11.7. The predicted octanol–water partition coefficient (Wildman–Crippen LogP) is 4.86. The summed E-state index contributed by atoms with van der Waals surface area (Å²) < 4.78 is 20.4. The molecular weight excluding hydrogens is 493 g/mol. The molecule has 0 unspecified atom stereocenters. The normalized spacial score (nSPS) is 11.5. The highest BCUT2D eigenvalue weighted by Gasteiger charge is 2.34. The molecule has 2 N–H and O–H groups in total. The molecule has 0 saturated heterocycles. The minimum absolute atomic E-state index is 0.0250. The number of benzene rings is 2. The minimum Gasteiger partial charge on any atom is -0.467 e. The van der Waals surface area contributed by atoms with Gasteiger partial charge in [0.15, 0.2) is 0 Å². The quantitative estimate of drug-likeness (QED) is 0.313. The number of amides is 3. The second kappa shape index (κ2) is 12.1. The highest BCUT2D eigenvalue weighted by Crippen LogP contribution is 2.30. The van der Waals surface area contributed by atoms with Crippen molar-refractivity contribution in [2.24, 2.45) is 0 Å². The van der Waals surface area contributed by atoms with Gasteiger partial charge in [-0.2, -0.15) is 0 Å². The van der Waals surface area contributed by atoms with E-state index in [4.69, 9.17) is 4.42 Å². The van der Waals surface area contributed by atoms with Crippen molar-refractivity contribution >= 4 is 34.7 Å². The number of furan rings is 1. The van der Waals surface area contributed by atoms with Crippen molar-refractivity contribution in [3.8, 4) is 0 Å². The number of rotatable bonds is 10. The van der Waals surface area contributed by atoms with Crippen LogP contribution in [0, 0.1) is 5.82 Å². The number of thiophene rings is 1. The zero-order valence-corrected chi connectivity index (χ0v) is 21.0. The summed E-state index contributed by atoms with van der Waals surface area (Å²) in [4.78, 5) is 41.4. The molecule has 0 fully saturated rings. The summed E-state index contributed by atoms with van der Waals surface area (Å²) in [6, 6.07) is 18.4. The molecule has 0 radical (unpaired) electrons. The molecular formula is C28H26FN3O4S.